The number of hydrogen-bond donors (Lipinski definition) is 0. The van der Waals surface area contributed by atoms with Crippen molar-refractivity contribution >= 4 is 17.9 Å². The lowest BCUT2D eigenvalue weighted by Gasteiger charge is -2.18. The van der Waals surface area contributed by atoms with Crippen LogP contribution in [-0.4, -0.2) is 37.2 Å². The average molecular weight is 1100 g/mol. The molecular weight excluding hydrogens is 973 g/mol. The maximum atomic E-state index is 12.9. The van der Waals surface area contributed by atoms with E-state index >= 15 is 0 Å². The Hall–Kier alpha value is -3.93. The monoisotopic (exact) mass is 1100 g/mol. The molecule has 6 heteroatoms. The summed E-state index contributed by atoms with van der Waals surface area (Å²) < 4.78 is 16.9. The lowest BCUT2D eigenvalue weighted by Crippen LogP contribution is -2.30. The van der Waals surface area contributed by atoms with Crippen molar-refractivity contribution in [2.24, 2.45) is 0 Å². The SMILES string of the molecule is CC/C=C\C/C=C\C/C=C\C/C=C\C/C=C\C/C=C\C/C=C\CCCCCCCCCC(=O)OCC(COC(=O)CCCCCCCCCCCCCCCCC)OC(=O)CCCCCCCCC/C=C\C/C=C\CCCCC. The highest BCUT2D eigenvalue weighted by molar-refractivity contribution is 5.71. The van der Waals surface area contributed by atoms with Crippen LogP contribution in [0.4, 0.5) is 0 Å². The first-order valence-electron chi connectivity index (χ1n) is 33.4. The summed E-state index contributed by atoms with van der Waals surface area (Å²) in [4.78, 5) is 38.4. The van der Waals surface area contributed by atoms with Gasteiger partial charge in [-0.3, -0.25) is 14.4 Å². The summed E-state index contributed by atoms with van der Waals surface area (Å²) in [5.74, 6) is -0.891. The molecule has 0 fully saturated rings. The van der Waals surface area contributed by atoms with Gasteiger partial charge < -0.3 is 14.2 Å². The molecule has 1 unspecified atom stereocenters. The maximum Gasteiger partial charge on any atom is 0.306 e. The minimum Gasteiger partial charge on any atom is -0.462 e. The molecule has 0 saturated heterocycles. The molecule has 0 rings (SSSR count). The first-order chi connectivity index (χ1) is 39.0. The molecule has 0 spiro atoms. The number of carbonyl (C=O) groups excluding carboxylic acids is 3. The molecule has 0 N–H and O–H groups in total. The van der Waals surface area contributed by atoms with Crippen LogP contribution in [0, 0.1) is 0 Å². The fourth-order valence-electron chi connectivity index (χ4n) is 9.28. The van der Waals surface area contributed by atoms with Gasteiger partial charge in [0, 0.05) is 19.3 Å². The predicted molar refractivity (Wildman–Crippen MR) is 343 cm³/mol. The molecule has 0 aliphatic carbocycles. The van der Waals surface area contributed by atoms with Crippen LogP contribution in [0.5, 0.6) is 0 Å². The van der Waals surface area contributed by atoms with Crippen LogP contribution >= 0.6 is 0 Å². The van der Waals surface area contributed by atoms with Gasteiger partial charge in [0.05, 0.1) is 0 Å². The van der Waals surface area contributed by atoms with E-state index in [-0.39, 0.29) is 31.1 Å². The standard InChI is InChI=1S/C73H124O6/c1-4-7-10-13-16-19-22-25-28-30-31-32-33-34-35-36-37-38-39-40-41-43-45-48-51-54-57-60-63-66-72(75)78-69-70(68-77-71(74)65-62-59-56-53-50-47-44-27-24-21-18-15-12-9-6-3)79-73(76)67-64-61-58-55-52-49-46-42-29-26-23-20-17-14-11-8-5-2/h7,10,16-17,19-20,25-26,28-29,31-32,34-35,37-38,40-41,70H,4-6,8-9,11-15,18,21-24,27,30,33,36,39,42-69H2,1-3H3/b10-7-,19-16-,20-17-,28-25-,29-26-,32-31-,35-34-,38-37-,41-40-. The molecule has 452 valence electrons. The van der Waals surface area contributed by atoms with Gasteiger partial charge >= 0.3 is 17.9 Å². The second-order valence-electron chi connectivity index (χ2n) is 22.0. The minimum atomic E-state index is -0.788. The predicted octanol–water partition coefficient (Wildman–Crippen LogP) is 23.0. The molecule has 0 aliphatic rings. The topological polar surface area (TPSA) is 78.9 Å². The highest BCUT2D eigenvalue weighted by Crippen LogP contribution is 2.16. The summed E-state index contributed by atoms with van der Waals surface area (Å²) in [5, 5.41) is 0. The van der Waals surface area contributed by atoms with Crippen molar-refractivity contribution in [2.45, 2.75) is 322 Å². The van der Waals surface area contributed by atoms with Crippen molar-refractivity contribution in [3.63, 3.8) is 0 Å². The fraction of sp³-hybridized carbons (Fsp3) is 0.712. The van der Waals surface area contributed by atoms with E-state index in [2.05, 4.69) is 130 Å². The zero-order valence-corrected chi connectivity index (χ0v) is 51.9. The van der Waals surface area contributed by atoms with E-state index < -0.39 is 6.10 Å². The Morgan fingerprint density at radius 2 is 0.494 bits per heavy atom. The molecule has 6 nitrogen and oxygen atoms in total. The van der Waals surface area contributed by atoms with Crippen LogP contribution < -0.4 is 0 Å². The molecular formula is C73H124O6. The number of esters is 3. The zero-order valence-electron chi connectivity index (χ0n) is 51.9. The first kappa shape index (κ1) is 75.1. The summed E-state index contributed by atoms with van der Waals surface area (Å²) >= 11 is 0. The van der Waals surface area contributed by atoms with Crippen LogP contribution in [0.1, 0.15) is 316 Å². The van der Waals surface area contributed by atoms with Gasteiger partial charge in [-0.25, -0.2) is 0 Å². The number of unbranched alkanes of at least 4 members (excludes halogenated alkanes) is 31. The smallest absolute Gasteiger partial charge is 0.306 e. The van der Waals surface area contributed by atoms with Gasteiger partial charge in [0.15, 0.2) is 6.10 Å². The van der Waals surface area contributed by atoms with Gasteiger partial charge in [-0.15, -0.1) is 0 Å². The normalized spacial score (nSPS) is 12.8. The Kier molecular flexibility index (Phi) is 63.3. The maximum absolute atomic E-state index is 12.9. The number of carbonyl (C=O) groups is 3. The Balaban J connectivity index is 4.35. The third-order valence-corrected chi connectivity index (χ3v) is 14.3. The summed E-state index contributed by atoms with van der Waals surface area (Å²) in [5.41, 5.74) is 0. The van der Waals surface area contributed by atoms with Gasteiger partial charge in [0.25, 0.3) is 0 Å². The van der Waals surface area contributed by atoms with E-state index in [0.29, 0.717) is 19.3 Å². The van der Waals surface area contributed by atoms with E-state index in [0.717, 1.165) is 122 Å². The van der Waals surface area contributed by atoms with E-state index in [4.69, 9.17) is 14.2 Å². The van der Waals surface area contributed by atoms with Gasteiger partial charge in [-0.2, -0.15) is 0 Å². The van der Waals surface area contributed by atoms with Crippen LogP contribution in [0.15, 0.2) is 109 Å². The number of rotatable bonds is 60. The van der Waals surface area contributed by atoms with Crippen molar-refractivity contribution in [3.8, 4) is 0 Å². The second kappa shape index (κ2) is 66.6. The average Bonchev–Trinajstić information content (AvgIpc) is 3.45. The quantitative estimate of drug-likeness (QED) is 0.0261. The number of hydrogen-bond acceptors (Lipinski definition) is 6. The van der Waals surface area contributed by atoms with Crippen molar-refractivity contribution in [1.29, 1.82) is 0 Å². The fourth-order valence-corrected chi connectivity index (χ4v) is 9.28. The second-order valence-corrected chi connectivity index (χ2v) is 22.0. The Morgan fingerprint density at radius 1 is 0.266 bits per heavy atom. The molecule has 0 amide bonds. The van der Waals surface area contributed by atoms with E-state index in [1.807, 2.05) is 0 Å². The lowest BCUT2D eigenvalue weighted by molar-refractivity contribution is -0.167. The van der Waals surface area contributed by atoms with Crippen LogP contribution in [-0.2, 0) is 28.6 Å². The molecule has 79 heavy (non-hydrogen) atoms. The molecule has 0 saturated carbocycles. The first-order valence-corrected chi connectivity index (χ1v) is 33.4. The summed E-state index contributed by atoms with van der Waals surface area (Å²) in [7, 11) is 0. The molecule has 0 aromatic carbocycles. The van der Waals surface area contributed by atoms with E-state index in [9.17, 15) is 14.4 Å². The van der Waals surface area contributed by atoms with Crippen molar-refractivity contribution in [2.75, 3.05) is 13.2 Å². The molecule has 0 aromatic heterocycles. The molecule has 0 heterocycles. The van der Waals surface area contributed by atoms with Crippen LogP contribution in [0.3, 0.4) is 0 Å². The van der Waals surface area contributed by atoms with Gasteiger partial charge in [0.1, 0.15) is 13.2 Å². The Bertz CT molecular complexity index is 1590. The van der Waals surface area contributed by atoms with Crippen molar-refractivity contribution < 1.29 is 28.6 Å². The van der Waals surface area contributed by atoms with Crippen LogP contribution in [0.25, 0.3) is 0 Å². The Morgan fingerprint density at radius 3 is 0.797 bits per heavy atom. The summed E-state index contributed by atoms with van der Waals surface area (Å²) in [6.07, 6.45) is 90.9. The highest BCUT2D eigenvalue weighted by atomic mass is 16.6. The number of ether oxygens (including phenoxy) is 3. The summed E-state index contributed by atoms with van der Waals surface area (Å²) in [6, 6.07) is 0. The van der Waals surface area contributed by atoms with Gasteiger partial charge in [-0.05, 0) is 109 Å². The lowest BCUT2D eigenvalue weighted by atomic mass is 10.0. The van der Waals surface area contributed by atoms with E-state index in [1.165, 1.54) is 154 Å². The van der Waals surface area contributed by atoms with Crippen molar-refractivity contribution in [1.82, 2.24) is 0 Å². The van der Waals surface area contributed by atoms with Crippen LogP contribution in [0.2, 0.25) is 0 Å². The zero-order chi connectivity index (χ0) is 57.1. The molecule has 0 bridgehead atoms. The summed E-state index contributed by atoms with van der Waals surface area (Å²) in [6.45, 7) is 6.52. The third kappa shape index (κ3) is 64.8. The van der Waals surface area contributed by atoms with Crippen molar-refractivity contribution in [3.05, 3.63) is 109 Å². The third-order valence-electron chi connectivity index (χ3n) is 14.3. The number of allylic oxidation sites excluding steroid dienone is 18. The molecule has 0 radical (unpaired) electrons. The highest BCUT2D eigenvalue weighted by Gasteiger charge is 2.19. The molecule has 0 aromatic rings. The largest absolute Gasteiger partial charge is 0.462 e. The Labute approximate surface area is 489 Å². The molecule has 0 aliphatic heterocycles. The van der Waals surface area contributed by atoms with Gasteiger partial charge in [0.2, 0.25) is 0 Å². The van der Waals surface area contributed by atoms with Gasteiger partial charge in [-0.1, -0.05) is 297 Å². The van der Waals surface area contributed by atoms with E-state index in [1.54, 1.807) is 0 Å². The minimum absolute atomic E-state index is 0.0825. The molecule has 1 atom stereocenters.